The van der Waals surface area contributed by atoms with Crippen LogP contribution in [0, 0.1) is 0 Å². The number of hydrogen-bond donors (Lipinski definition) is 2. The van der Waals surface area contributed by atoms with E-state index in [0.717, 1.165) is 6.42 Å². The Balaban J connectivity index is 2.03. The maximum atomic E-state index is 12.0. The molecule has 0 saturated heterocycles. The van der Waals surface area contributed by atoms with Crippen LogP contribution in [0.15, 0.2) is 48.5 Å². The lowest BCUT2D eigenvalue weighted by Gasteiger charge is -2.06. The van der Waals surface area contributed by atoms with Crippen LogP contribution in [0.4, 0.5) is 10.5 Å². The number of amides is 2. The van der Waals surface area contributed by atoms with Gasteiger partial charge < -0.3 is 15.8 Å². The topological polar surface area (TPSA) is 81.4 Å². The predicted molar refractivity (Wildman–Crippen MR) is 80.4 cm³/mol. The Labute approximate surface area is 122 Å². The third-order valence-corrected chi connectivity index (χ3v) is 2.93. The summed E-state index contributed by atoms with van der Waals surface area (Å²) < 4.78 is 5.27. The summed E-state index contributed by atoms with van der Waals surface area (Å²) in [7, 11) is 0. The van der Waals surface area contributed by atoms with Crippen molar-refractivity contribution in [2.45, 2.75) is 13.3 Å². The number of carbonyl (C=O) groups excluding carboxylic acids is 2. The number of esters is 1. The van der Waals surface area contributed by atoms with Gasteiger partial charge in [-0.2, -0.15) is 0 Å². The Kier molecular flexibility index (Phi) is 4.56. The molecule has 2 rings (SSSR count). The molecule has 0 aliphatic carbocycles. The molecule has 0 bridgehead atoms. The summed E-state index contributed by atoms with van der Waals surface area (Å²) in [5.41, 5.74) is 7.10. The maximum Gasteiger partial charge on any atom is 0.343 e. The number of aryl methyl sites for hydroxylation is 1. The van der Waals surface area contributed by atoms with Gasteiger partial charge >= 0.3 is 12.0 Å². The van der Waals surface area contributed by atoms with Crippen molar-refractivity contribution in [3.8, 4) is 5.75 Å². The molecule has 0 aliphatic heterocycles. The van der Waals surface area contributed by atoms with Crippen molar-refractivity contribution in [1.29, 1.82) is 0 Å². The highest BCUT2D eigenvalue weighted by atomic mass is 16.5. The van der Waals surface area contributed by atoms with E-state index in [0.29, 0.717) is 17.0 Å². The van der Waals surface area contributed by atoms with E-state index in [9.17, 15) is 9.59 Å². The lowest BCUT2D eigenvalue weighted by atomic mass is 10.2. The van der Waals surface area contributed by atoms with E-state index in [4.69, 9.17) is 10.5 Å². The summed E-state index contributed by atoms with van der Waals surface area (Å²) >= 11 is 0. The Bertz CT molecular complexity index is 634. The van der Waals surface area contributed by atoms with Crippen LogP contribution in [-0.2, 0) is 6.42 Å². The largest absolute Gasteiger partial charge is 0.423 e. The highest BCUT2D eigenvalue weighted by Gasteiger charge is 2.08. The molecule has 0 aromatic heterocycles. The molecule has 5 heteroatoms. The van der Waals surface area contributed by atoms with Gasteiger partial charge in [0.2, 0.25) is 0 Å². The SMILES string of the molecule is CCc1ccc(OC(=O)c2ccc(NC(N)=O)cc2)cc1. The number of carbonyl (C=O) groups is 2. The fourth-order valence-corrected chi connectivity index (χ4v) is 1.79. The van der Waals surface area contributed by atoms with Crippen LogP contribution < -0.4 is 15.8 Å². The number of nitrogens with two attached hydrogens (primary N) is 1. The zero-order valence-electron chi connectivity index (χ0n) is 11.6. The number of ether oxygens (including phenoxy) is 1. The second-order valence-corrected chi connectivity index (χ2v) is 4.45. The van der Waals surface area contributed by atoms with Crippen molar-refractivity contribution in [1.82, 2.24) is 0 Å². The van der Waals surface area contributed by atoms with E-state index in [1.807, 2.05) is 12.1 Å². The summed E-state index contributed by atoms with van der Waals surface area (Å²) in [4.78, 5) is 22.7. The molecular weight excluding hydrogens is 268 g/mol. The normalized spacial score (nSPS) is 9.95. The number of urea groups is 1. The smallest absolute Gasteiger partial charge is 0.343 e. The van der Waals surface area contributed by atoms with Gasteiger partial charge in [-0.25, -0.2) is 9.59 Å². The average Bonchev–Trinajstić information content (AvgIpc) is 2.48. The zero-order valence-corrected chi connectivity index (χ0v) is 11.6. The summed E-state index contributed by atoms with van der Waals surface area (Å²) in [6, 6.07) is 13.0. The minimum Gasteiger partial charge on any atom is -0.423 e. The summed E-state index contributed by atoms with van der Waals surface area (Å²) in [5, 5.41) is 2.42. The lowest BCUT2D eigenvalue weighted by molar-refractivity contribution is 0.0735. The van der Waals surface area contributed by atoms with E-state index < -0.39 is 12.0 Å². The van der Waals surface area contributed by atoms with Gasteiger partial charge in [-0.1, -0.05) is 19.1 Å². The predicted octanol–water partition coefficient (Wildman–Crippen LogP) is 2.96. The van der Waals surface area contributed by atoms with Crippen LogP contribution in [0.5, 0.6) is 5.75 Å². The molecule has 0 atom stereocenters. The fraction of sp³-hybridized carbons (Fsp3) is 0.125. The molecule has 3 N–H and O–H groups in total. The van der Waals surface area contributed by atoms with Crippen molar-refractivity contribution >= 4 is 17.7 Å². The van der Waals surface area contributed by atoms with E-state index in [2.05, 4.69) is 12.2 Å². The monoisotopic (exact) mass is 284 g/mol. The molecule has 5 nitrogen and oxygen atoms in total. The molecular formula is C16H16N2O3. The van der Waals surface area contributed by atoms with Crippen molar-refractivity contribution in [3.05, 3.63) is 59.7 Å². The van der Waals surface area contributed by atoms with Gasteiger partial charge in [0.25, 0.3) is 0 Å². The third kappa shape index (κ3) is 4.07. The molecule has 0 fully saturated rings. The fourth-order valence-electron chi connectivity index (χ4n) is 1.79. The molecule has 2 aromatic rings. The molecule has 0 aliphatic rings. The van der Waals surface area contributed by atoms with Crippen molar-refractivity contribution < 1.29 is 14.3 Å². The van der Waals surface area contributed by atoms with Crippen LogP contribution in [0.3, 0.4) is 0 Å². The third-order valence-electron chi connectivity index (χ3n) is 2.93. The molecule has 108 valence electrons. The maximum absolute atomic E-state index is 12.0. The van der Waals surface area contributed by atoms with Crippen molar-refractivity contribution in [2.75, 3.05) is 5.32 Å². The van der Waals surface area contributed by atoms with Gasteiger partial charge in [0.15, 0.2) is 0 Å². The first-order valence-corrected chi connectivity index (χ1v) is 6.56. The van der Waals surface area contributed by atoms with E-state index in [1.54, 1.807) is 36.4 Å². The standard InChI is InChI=1S/C16H16N2O3/c1-2-11-3-9-14(10-4-11)21-15(19)12-5-7-13(8-6-12)18-16(17)20/h3-10H,2H2,1H3,(H3,17,18,20). The van der Waals surface area contributed by atoms with Gasteiger partial charge in [0, 0.05) is 5.69 Å². The minimum absolute atomic E-state index is 0.393. The summed E-state index contributed by atoms with van der Waals surface area (Å²) in [6.07, 6.45) is 0.933. The molecule has 2 amide bonds. The van der Waals surface area contributed by atoms with E-state index >= 15 is 0 Å². The Hall–Kier alpha value is -2.82. The number of nitrogens with one attached hydrogen (secondary N) is 1. The summed E-state index contributed by atoms with van der Waals surface area (Å²) in [5.74, 6) is 0.0430. The quantitative estimate of drug-likeness (QED) is 0.669. The highest BCUT2D eigenvalue weighted by Crippen LogP contribution is 2.16. The Morgan fingerprint density at radius 1 is 1.05 bits per heavy atom. The molecule has 2 aromatic carbocycles. The highest BCUT2D eigenvalue weighted by molar-refractivity contribution is 5.92. The number of anilines is 1. The molecule has 0 spiro atoms. The Morgan fingerprint density at radius 2 is 1.67 bits per heavy atom. The second kappa shape index (κ2) is 6.56. The van der Waals surface area contributed by atoms with Gasteiger partial charge in [-0.3, -0.25) is 0 Å². The van der Waals surface area contributed by atoms with E-state index in [1.165, 1.54) is 5.56 Å². The number of rotatable bonds is 4. The van der Waals surface area contributed by atoms with Crippen molar-refractivity contribution in [3.63, 3.8) is 0 Å². The Morgan fingerprint density at radius 3 is 2.19 bits per heavy atom. The van der Waals surface area contributed by atoms with Gasteiger partial charge in [-0.05, 0) is 48.4 Å². The summed E-state index contributed by atoms with van der Waals surface area (Å²) in [6.45, 7) is 2.06. The molecule has 0 unspecified atom stereocenters. The van der Waals surface area contributed by atoms with Crippen LogP contribution >= 0.6 is 0 Å². The lowest BCUT2D eigenvalue weighted by Crippen LogP contribution is -2.19. The first-order chi connectivity index (χ1) is 10.1. The molecule has 0 saturated carbocycles. The number of benzene rings is 2. The first kappa shape index (κ1) is 14.6. The van der Waals surface area contributed by atoms with Crippen LogP contribution in [0.1, 0.15) is 22.8 Å². The average molecular weight is 284 g/mol. The number of primary amides is 1. The second-order valence-electron chi connectivity index (χ2n) is 4.45. The van der Waals surface area contributed by atoms with Gasteiger partial charge in [-0.15, -0.1) is 0 Å². The van der Waals surface area contributed by atoms with E-state index in [-0.39, 0.29) is 0 Å². The van der Waals surface area contributed by atoms with Crippen LogP contribution in [-0.4, -0.2) is 12.0 Å². The van der Waals surface area contributed by atoms with Gasteiger partial charge in [0.1, 0.15) is 5.75 Å². The van der Waals surface area contributed by atoms with Crippen LogP contribution in [0.25, 0.3) is 0 Å². The first-order valence-electron chi connectivity index (χ1n) is 6.56. The molecule has 21 heavy (non-hydrogen) atoms. The van der Waals surface area contributed by atoms with Gasteiger partial charge in [0.05, 0.1) is 5.56 Å². The number of hydrogen-bond acceptors (Lipinski definition) is 3. The van der Waals surface area contributed by atoms with Crippen LogP contribution in [0.2, 0.25) is 0 Å². The van der Waals surface area contributed by atoms with Crippen molar-refractivity contribution in [2.24, 2.45) is 5.73 Å². The minimum atomic E-state index is -0.652. The molecule has 0 radical (unpaired) electrons. The zero-order chi connectivity index (χ0) is 15.2. The molecule has 0 heterocycles.